The van der Waals surface area contributed by atoms with Crippen LogP contribution in [-0.4, -0.2) is 49.5 Å². The molecule has 19 heavy (non-hydrogen) atoms. The number of hydrogen-bond donors (Lipinski definition) is 3. The summed E-state index contributed by atoms with van der Waals surface area (Å²) in [5.74, 6) is 0.183. The fourth-order valence-electron chi connectivity index (χ4n) is 3.17. The SMILES string of the molecule is COC1(C(=O)NCC2CCCCC2O)CCNCC1. The highest BCUT2D eigenvalue weighted by molar-refractivity contribution is 5.85. The van der Waals surface area contributed by atoms with Crippen LogP contribution in [0.15, 0.2) is 0 Å². The molecule has 0 spiro atoms. The molecule has 1 saturated carbocycles. The molecule has 0 radical (unpaired) electrons. The van der Waals surface area contributed by atoms with Crippen LogP contribution < -0.4 is 10.6 Å². The molecule has 0 aromatic rings. The predicted octanol–water partition coefficient (Wildman–Crippen LogP) is 0.422. The fourth-order valence-corrected chi connectivity index (χ4v) is 3.17. The molecule has 2 aliphatic rings. The van der Waals surface area contributed by atoms with Crippen molar-refractivity contribution in [2.24, 2.45) is 5.92 Å². The summed E-state index contributed by atoms with van der Waals surface area (Å²) >= 11 is 0. The predicted molar refractivity (Wildman–Crippen MR) is 72.8 cm³/mol. The van der Waals surface area contributed by atoms with E-state index < -0.39 is 5.60 Å². The number of nitrogens with one attached hydrogen (secondary N) is 2. The fraction of sp³-hybridized carbons (Fsp3) is 0.929. The van der Waals surface area contributed by atoms with Gasteiger partial charge in [-0.3, -0.25) is 4.79 Å². The Morgan fingerprint density at radius 1 is 1.37 bits per heavy atom. The lowest BCUT2D eigenvalue weighted by molar-refractivity contribution is -0.147. The third-order valence-corrected chi connectivity index (χ3v) is 4.61. The Morgan fingerprint density at radius 2 is 2.05 bits per heavy atom. The maximum atomic E-state index is 12.4. The summed E-state index contributed by atoms with van der Waals surface area (Å²) < 4.78 is 5.49. The zero-order chi connectivity index (χ0) is 13.7. The smallest absolute Gasteiger partial charge is 0.252 e. The van der Waals surface area contributed by atoms with Crippen molar-refractivity contribution in [3.8, 4) is 0 Å². The van der Waals surface area contributed by atoms with Crippen molar-refractivity contribution in [3.05, 3.63) is 0 Å². The van der Waals surface area contributed by atoms with Crippen LogP contribution in [0.3, 0.4) is 0 Å². The van der Waals surface area contributed by atoms with Gasteiger partial charge in [0.1, 0.15) is 5.60 Å². The number of ether oxygens (including phenoxy) is 1. The van der Waals surface area contributed by atoms with Gasteiger partial charge < -0.3 is 20.5 Å². The van der Waals surface area contributed by atoms with E-state index >= 15 is 0 Å². The molecular weight excluding hydrogens is 244 g/mol. The average Bonchev–Trinajstić information content (AvgIpc) is 2.46. The van der Waals surface area contributed by atoms with Crippen molar-refractivity contribution < 1.29 is 14.6 Å². The first-order chi connectivity index (χ1) is 9.18. The zero-order valence-electron chi connectivity index (χ0n) is 11.8. The van der Waals surface area contributed by atoms with E-state index in [1.54, 1.807) is 7.11 Å². The molecule has 1 aliphatic heterocycles. The number of piperidine rings is 1. The van der Waals surface area contributed by atoms with Crippen LogP contribution in [0.2, 0.25) is 0 Å². The summed E-state index contributed by atoms with van der Waals surface area (Å²) in [4.78, 5) is 12.4. The summed E-state index contributed by atoms with van der Waals surface area (Å²) in [5.41, 5.74) is -0.676. The van der Waals surface area contributed by atoms with Gasteiger partial charge >= 0.3 is 0 Å². The van der Waals surface area contributed by atoms with Crippen LogP contribution in [0.1, 0.15) is 38.5 Å². The number of amides is 1. The van der Waals surface area contributed by atoms with Gasteiger partial charge in [0.05, 0.1) is 6.10 Å². The van der Waals surface area contributed by atoms with Crippen LogP contribution in [0, 0.1) is 5.92 Å². The van der Waals surface area contributed by atoms with Gasteiger partial charge in [0.25, 0.3) is 5.91 Å². The van der Waals surface area contributed by atoms with Gasteiger partial charge in [-0.2, -0.15) is 0 Å². The van der Waals surface area contributed by atoms with Crippen molar-refractivity contribution in [2.45, 2.75) is 50.2 Å². The lowest BCUT2D eigenvalue weighted by Gasteiger charge is -2.36. The number of aliphatic hydroxyl groups excluding tert-OH is 1. The van der Waals surface area contributed by atoms with Crippen LogP contribution in [-0.2, 0) is 9.53 Å². The molecule has 2 atom stereocenters. The third-order valence-electron chi connectivity index (χ3n) is 4.61. The maximum Gasteiger partial charge on any atom is 0.252 e. The lowest BCUT2D eigenvalue weighted by Crippen LogP contribution is -2.55. The number of methoxy groups -OCH3 is 1. The van der Waals surface area contributed by atoms with E-state index in [2.05, 4.69) is 10.6 Å². The summed E-state index contributed by atoms with van der Waals surface area (Å²) in [6.45, 7) is 2.19. The first-order valence-corrected chi connectivity index (χ1v) is 7.40. The lowest BCUT2D eigenvalue weighted by atomic mass is 9.86. The minimum absolute atomic E-state index is 0.0192. The Bertz CT molecular complexity index is 303. The topological polar surface area (TPSA) is 70.6 Å². The molecule has 1 saturated heterocycles. The molecule has 1 heterocycles. The van der Waals surface area contributed by atoms with Crippen molar-refractivity contribution in [1.29, 1.82) is 0 Å². The molecule has 1 amide bonds. The van der Waals surface area contributed by atoms with E-state index in [1.165, 1.54) is 0 Å². The van der Waals surface area contributed by atoms with Gasteiger partial charge in [-0.1, -0.05) is 12.8 Å². The zero-order valence-corrected chi connectivity index (χ0v) is 11.8. The maximum absolute atomic E-state index is 12.4. The van der Waals surface area contributed by atoms with Gasteiger partial charge in [-0.25, -0.2) is 0 Å². The molecule has 2 fully saturated rings. The van der Waals surface area contributed by atoms with E-state index in [4.69, 9.17) is 4.74 Å². The molecule has 2 unspecified atom stereocenters. The van der Waals surface area contributed by atoms with E-state index in [0.29, 0.717) is 19.4 Å². The van der Waals surface area contributed by atoms with Gasteiger partial charge in [0.2, 0.25) is 0 Å². The minimum Gasteiger partial charge on any atom is -0.393 e. The van der Waals surface area contributed by atoms with Gasteiger partial charge in [0.15, 0.2) is 0 Å². The summed E-state index contributed by atoms with van der Waals surface area (Å²) in [5, 5.41) is 16.2. The average molecular weight is 270 g/mol. The molecule has 1 aliphatic carbocycles. The molecule has 5 heteroatoms. The van der Waals surface area contributed by atoms with E-state index in [1.807, 2.05) is 0 Å². The number of aliphatic hydroxyl groups is 1. The van der Waals surface area contributed by atoms with Crippen molar-refractivity contribution in [1.82, 2.24) is 10.6 Å². The number of carbonyl (C=O) groups excluding carboxylic acids is 1. The second-order valence-electron chi connectivity index (χ2n) is 5.77. The number of rotatable bonds is 4. The minimum atomic E-state index is -0.676. The van der Waals surface area contributed by atoms with Crippen LogP contribution >= 0.6 is 0 Å². The Balaban J connectivity index is 1.85. The normalized spacial score (nSPS) is 30.8. The molecule has 2 rings (SSSR count). The molecule has 5 nitrogen and oxygen atoms in total. The highest BCUT2D eigenvalue weighted by Crippen LogP contribution is 2.25. The third kappa shape index (κ3) is 3.46. The van der Waals surface area contributed by atoms with E-state index in [-0.39, 0.29) is 17.9 Å². The first-order valence-electron chi connectivity index (χ1n) is 7.40. The highest BCUT2D eigenvalue weighted by Gasteiger charge is 2.39. The monoisotopic (exact) mass is 270 g/mol. The summed E-state index contributed by atoms with van der Waals surface area (Å²) in [7, 11) is 1.61. The first kappa shape index (κ1) is 14.8. The molecule has 110 valence electrons. The van der Waals surface area contributed by atoms with Gasteiger partial charge in [0, 0.05) is 19.6 Å². The van der Waals surface area contributed by atoms with Crippen LogP contribution in [0.5, 0.6) is 0 Å². The van der Waals surface area contributed by atoms with Crippen LogP contribution in [0.4, 0.5) is 0 Å². The summed E-state index contributed by atoms with van der Waals surface area (Å²) in [6, 6.07) is 0. The van der Waals surface area contributed by atoms with Crippen molar-refractivity contribution >= 4 is 5.91 Å². The molecular formula is C14H26N2O3. The van der Waals surface area contributed by atoms with E-state index in [0.717, 1.165) is 38.8 Å². The second kappa shape index (κ2) is 6.68. The molecule has 0 aromatic heterocycles. The highest BCUT2D eigenvalue weighted by atomic mass is 16.5. The summed E-state index contributed by atoms with van der Waals surface area (Å²) in [6.07, 6.45) is 5.27. The Labute approximate surface area is 115 Å². The Kier molecular flexibility index (Phi) is 5.19. The Morgan fingerprint density at radius 3 is 2.68 bits per heavy atom. The van der Waals surface area contributed by atoms with E-state index in [9.17, 15) is 9.90 Å². The van der Waals surface area contributed by atoms with Crippen molar-refractivity contribution in [2.75, 3.05) is 26.7 Å². The standard InChI is InChI=1S/C14H26N2O3/c1-19-14(6-8-15-9-7-14)13(18)16-10-11-4-2-3-5-12(11)17/h11-12,15,17H,2-10H2,1H3,(H,16,18). The number of carbonyl (C=O) groups is 1. The molecule has 0 bridgehead atoms. The largest absolute Gasteiger partial charge is 0.393 e. The number of hydrogen-bond acceptors (Lipinski definition) is 4. The molecule has 3 N–H and O–H groups in total. The quantitative estimate of drug-likeness (QED) is 0.692. The van der Waals surface area contributed by atoms with Gasteiger partial charge in [-0.15, -0.1) is 0 Å². The second-order valence-corrected chi connectivity index (χ2v) is 5.77. The van der Waals surface area contributed by atoms with Gasteiger partial charge in [-0.05, 0) is 38.8 Å². The molecule has 0 aromatic carbocycles. The Hall–Kier alpha value is -0.650. The van der Waals surface area contributed by atoms with Crippen LogP contribution in [0.25, 0.3) is 0 Å². The van der Waals surface area contributed by atoms with Crippen molar-refractivity contribution in [3.63, 3.8) is 0 Å².